The first-order chi connectivity index (χ1) is 12.4. The van der Waals surface area contributed by atoms with E-state index in [0.717, 1.165) is 15.8 Å². The van der Waals surface area contributed by atoms with Crippen LogP contribution in [0, 0.1) is 12.7 Å². The zero-order valence-electron chi connectivity index (χ0n) is 14.3. The van der Waals surface area contributed by atoms with Crippen molar-refractivity contribution >= 4 is 11.6 Å². The fraction of sp³-hybridized carbons (Fsp3) is 0.158. The molecule has 0 fully saturated rings. The third-order valence-corrected chi connectivity index (χ3v) is 3.92. The molecule has 1 heterocycles. The number of benzene rings is 2. The summed E-state index contributed by atoms with van der Waals surface area (Å²) in [5.41, 5.74) is 2.12. The van der Waals surface area contributed by atoms with Crippen LogP contribution in [0.1, 0.15) is 18.5 Å². The molecule has 0 bridgehead atoms. The molecule has 132 valence electrons. The smallest absolute Gasteiger partial charge is 0.324 e. The highest BCUT2D eigenvalue weighted by Gasteiger charge is 2.18. The first kappa shape index (κ1) is 17.5. The van der Waals surface area contributed by atoms with Gasteiger partial charge in [-0.2, -0.15) is 10.1 Å². The van der Waals surface area contributed by atoms with Gasteiger partial charge in [0.15, 0.2) is 0 Å². The summed E-state index contributed by atoms with van der Waals surface area (Å²) < 4.78 is 13.9. The van der Waals surface area contributed by atoms with Gasteiger partial charge in [0.2, 0.25) is 5.91 Å². The summed E-state index contributed by atoms with van der Waals surface area (Å²) in [5.74, 6) is -0.846. The minimum atomic E-state index is -0.868. The number of carbonyl (C=O) groups is 1. The van der Waals surface area contributed by atoms with Gasteiger partial charge in [0.25, 0.3) is 0 Å². The van der Waals surface area contributed by atoms with E-state index in [4.69, 9.17) is 0 Å². The first-order valence-corrected chi connectivity index (χ1v) is 8.03. The molecule has 0 aliphatic heterocycles. The molecule has 0 radical (unpaired) electrons. The van der Waals surface area contributed by atoms with Crippen molar-refractivity contribution in [3.63, 3.8) is 0 Å². The molecule has 3 aromatic rings. The van der Waals surface area contributed by atoms with E-state index in [1.807, 2.05) is 31.2 Å². The fourth-order valence-corrected chi connectivity index (χ4v) is 2.37. The van der Waals surface area contributed by atoms with E-state index in [-0.39, 0.29) is 0 Å². The number of rotatable bonds is 4. The Hall–Kier alpha value is -3.35. The van der Waals surface area contributed by atoms with Crippen LogP contribution < -0.4 is 11.0 Å². The number of anilines is 1. The van der Waals surface area contributed by atoms with Crippen LogP contribution in [-0.2, 0) is 4.79 Å². The van der Waals surface area contributed by atoms with Crippen LogP contribution >= 0.6 is 0 Å². The lowest BCUT2D eigenvalue weighted by Crippen LogP contribution is -2.34. The maximum Gasteiger partial charge on any atom is 0.365 e. The van der Waals surface area contributed by atoms with Gasteiger partial charge in [-0.25, -0.2) is 13.9 Å². The zero-order chi connectivity index (χ0) is 18.7. The summed E-state index contributed by atoms with van der Waals surface area (Å²) in [4.78, 5) is 28.6. The van der Waals surface area contributed by atoms with Crippen LogP contribution in [0.15, 0.2) is 59.5 Å². The minimum Gasteiger partial charge on any atom is -0.324 e. The largest absolute Gasteiger partial charge is 0.365 e. The van der Waals surface area contributed by atoms with E-state index in [9.17, 15) is 14.0 Å². The van der Waals surface area contributed by atoms with Crippen LogP contribution in [0.4, 0.5) is 10.1 Å². The lowest BCUT2D eigenvalue weighted by molar-refractivity contribution is -0.119. The van der Waals surface area contributed by atoms with Crippen LogP contribution in [0.2, 0.25) is 0 Å². The number of hydrogen-bond acceptors (Lipinski definition) is 4. The zero-order valence-corrected chi connectivity index (χ0v) is 14.3. The summed E-state index contributed by atoms with van der Waals surface area (Å²) in [6, 6.07) is 12.0. The SMILES string of the molecule is Cc1ccc(-c2cnn(C(C)C(=O)Nc3ccc(F)cc3)c(=O)n2)cc1. The quantitative estimate of drug-likeness (QED) is 0.783. The van der Waals surface area contributed by atoms with Gasteiger partial charge < -0.3 is 5.32 Å². The normalized spacial score (nSPS) is 11.8. The average Bonchev–Trinajstić information content (AvgIpc) is 2.63. The summed E-state index contributed by atoms with van der Waals surface area (Å²) in [7, 11) is 0. The molecular weight excluding hydrogens is 335 g/mol. The summed E-state index contributed by atoms with van der Waals surface area (Å²) in [6.07, 6.45) is 1.45. The fourth-order valence-electron chi connectivity index (χ4n) is 2.37. The third-order valence-electron chi connectivity index (χ3n) is 3.92. The van der Waals surface area contributed by atoms with Gasteiger partial charge in [0.05, 0.1) is 11.9 Å². The molecule has 0 saturated heterocycles. The standard InChI is InChI=1S/C19H17FN4O2/c1-12-3-5-14(6-4-12)17-11-21-24(19(26)23-17)13(2)18(25)22-16-9-7-15(20)8-10-16/h3-11,13H,1-2H3,(H,22,25). The van der Waals surface area contributed by atoms with Crippen molar-refractivity contribution in [3.8, 4) is 11.3 Å². The second-order valence-electron chi connectivity index (χ2n) is 5.91. The molecule has 26 heavy (non-hydrogen) atoms. The Bertz CT molecular complexity index is 982. The summed E-state index contributed by atoms with van der Waals surface area (Å²) in [5, 5.41) is 6.69. The highest BCUT2D eigenvalue weighted by atomic mass is 19.1. The average molecular weight is 352 g/mol. The number of nitrogens with one attached hydrogen (secondary N) is 1. The van der Waals surface area contributed by atoms with Crippen LogP contribution in [-0.4, -0.2) is 20.7 Å². The predicted molar refractivity (Wildman–Crippen MR) is 96.2 cm³/mol. The van der Waals surface area contributed by atoms with Gasteiger partial charge in [-0.05, 0) is 38.1 Å². The molecule has 6 nitrogen and oxygen atoms in total. The molecule has 0 aliphatic rings. The second kappa shape index (κ2) is 7.26. The molecule has 7 heteroatoms. The number of aromatic nitrogens is 3. The number of nitrogens with zero attached hydrogens (tertiary/aromatic N) is 3. The number of halogens is 1. The van der Waals surface area contributed by atoms with Crippen molar-refractivity contribution in [1.82, 2.24) is 14.8 Å². The van der Waals surface area contributed by atoms with Gasteiger partial charge >= 0.3 is 5.69 Å². The maximum atomic E-state index is 12.9. The lowest BCUT2D eigenvalue weighted by Gasteiger charge is -2.13. The van der Waals surface area contributed by atoms with Crippen molar-refractivity contribution in [3.05, 3.63) is 76.6 Å². The Morgan fingerprint density at radius 3 is 2.38 bits per heavy atom. The van der Waals surface area contributed by atoms with Crippen LogP contribution in [0.3, 0.4) is 0 Å². The van der Waals surface area contributed by atoms with Gasteiger partial charge in [-0.1, -0.05) is 29.8 Å². The molecule has 0 spiro atoms. The van der Waals surface area contributed by atoms with Crippen LogP contribution in [0.25, 0.3) is 11.3 Å². The second-order valence-corrected chi connectivity index (χ2v) is 5.91. The number of amides is 1. The highest BCUT2D eigenvalue weighted by molar-refractivity contribution is 5.93. The van der Waals surface area contributed by atoms with Crippen molar-refractivity contribution in [2.75, 3.05) is 5.32 Å². The molecule has 1 N–H and O–H groups in total. The number of carbonyl (C=O) groups excluding carboxylic acids is 1. The molecule has 2 aromatic carbocycles. The molecule has 1 aromatic heterocycles. The van der Waals surface area contributed by atoms with Crippen molar-refractivity contribution in [2.24, 2.45) is 0 Å². The molecule has 1 atom stereocenters. The topological polar surface area (TPSA) is 76.9 Å². The predicted octanol–water partition coefficient (Wildman–Crippen LogP) is 2.95. The monoisotopic (exact) mass is 352 g/mol. The Balaban J connectivity index is 1.79. The Kier molecular flexibility index (Phi) is 4.88. The lowest BCUT2D eigenvalue weighted by atomic mass is 10.1. The molecular formula is C19H17FN4O2. The van der Waals surface area contributed by atoms with Crippen molar-refractivity contribution in [2.45, 2.75) is 19.9 Å². The van der Waals surface area contributed by atoms with Gasteiger partial charge in [0, 0.05) is 11.3 Å². The minimum absolute atomic E-state index is 0.398. The van der Waals surface area contributed by atoms with Gasteiger partial charge in [-0.15, -0.1) is 0 Å². The van der Waals surface area contributed by atoms with Crippen molar-refractivity contribution in [1.29, 1.82) is 0 Å². The van der Waals surface area contributed by atoms with E-state index in [1.165, 1.54) is 30.5 Å². The highest BCUT2D eigenvalue weighted by Crippen LogP contribution is 2.16. The molecule has 1 unspecified atom stereocenters. The van der Waals surface area contributed by atoms with Crippen LogP contribution in [0.5, 0.6) is 0 Å². The number of aryl methyl sites for hydroxylation is 1. The summed E-state index contributed by atoms with van der Waals surface area (Å²) >= 11 is 0. The van der Waals surface area contributed by atoms with E-state index in [1.54, 1.807) is 6.92 Å². The molecule has 1 amide bonds. The first-order valence-electron chi connectivity index (χ1n) is 8.03. The van der Waals surface area contributed by atoms with Gasteiger partial charge in [0.1, 0.15) is 11.9 Å². The number of hydrogen-bond donors (Lipinski definition) is 1. The van der Waals surface area contributed by atoms with Crippen molar-refractivity contribution < 1.29 is 9.18 Å². The Morgan fingerprint density at radius 2 is 1.77 bits per heavy atom. The van der Waals surface area contributed by atoms with Gasteiger partial charge in [-0.3, -0.25) is 4.79 Å². The molecule has 0 aliphatic carbocycles. The maximum absolute atomic E-state index is 12.9. The molecule has 3 rings (SSSR count). The summed E-state index contributed by atoms with van der Waals surface area (Å²) in [6.45, 7) is 3.51. The Labute approximate surface area is 149 Å². The Morgan fingerprint density at radius 1 is 1.12 bits per heavy atom. The van der Waals surface area contributed by atoms with E-state index >= 15 is 0 Å². The van der Waals surface area contributed by atoms with E-state index < -0.39 is 23.5 Å². The molecule has 0 saturated carbocycles. The van der Waals surface area contributed by atoms with E-state index in [0.29, 0.717) is 11.4 Å². The van der Waals surface area contributed by atoms with E-state index in [2.05, 4.69) is 15.4 Å². The third kappa shape index (κ3) is 3.83.